The van der Waals surface area contributed by atoms with Crippen molar-refractivity contribution in [2.24, 2.45) is 0 Å². The number of ether oxygens (including phenoxy) is 1. The summed E-state index contributed by atoms with van der Waals surface area (Å²) in [6, 6.07) is 0. The summed E-state index contributed by atoms with van der Waals surface area (Å²) in [4.78, 5) is 25.5. The smallest absolute Gasteiger partial charge is 0.315 e. The fourth-order valence-corrected chi connectivity index (χ4v) is 1.43. The van der Waals surface area contributed by atoms with E-state index < -0.39 is 4.92 Å². The maximum Gasteiger partial charge on any atom is 0.315 e. The van der Waals surface area contributed by atoms with E-state index in [1.165, 1.54) is 19.5 Å². The van der Waals surface area contributed by atoms with Gasteiger partial charge in [0.25, 0.3) is 0 Å². The molecule has 0 aliphatic heterocycles. The van der Waals surface area contributed by atoms with Crippen LogP contribution in [0.1, 0.15) is 0 Å². The van der Waals surface area contributed by atoms with Gasteiger partial charge in [-0.2, -0.15) is 0 Å². The SMILES string of the molecule is COc1nccnc1-c1nc(Cl)ncc1[N+](=O)[O-]. The Morgan fingerprint density at radius 1 is 1.28 bits per heavy atom. The van der Waals surface area contributed by atoms with Crippen molar-refractivity contribution in [3.8, 4) is 17.3 Å². The Balaban J connectivity index is 2.69. The van der Waals surface area contributed by atoms with E-state index in [1.807, 2.05) is 0 Å². The van der Waals surface area contributed by atoms with Crippen molar-refractivity contribution in [1.29, 1.82) is 0 Å². The topological polar surface area (TPSA) is 104 Å². The number of aromatic nitrogens is 4. The summed E-state index contributed by atoms with van der Waals surface area (Å²) in [5.74, 6) is 0.121. The Bertz CT molecular complexity index is 607. The van der Waals surface area contributed by atoms with Gasteiger partial charge in [0.15, 0.2) is 11.4 Å². The second kappa shape index (κ2) is 4.88. The minimum absolute atomic E-state index is 0.0371. The third-order valence-corrected chi connectivity index (χ3v) is 2.20. The summed E-state index contributed by atoms with van der Waals surface area (Å²) < 4.78 is 4.97. The van der Waals surface area contributed by atoms with Crippen LogP contribution in [0.5, 0.6) is 5.88 Å². The zero-order valence-electron chi connectivity index (χ0n) is 9.07. The largest absolute Gasteiger partial charge is 0.479 e. The third-order valence-electron chi connectivity index (χ3n) is 2.02. The molecule has 9 heteroatoms. The lowest BCUT2D eigenvalue weighted by Gasteiger charge is -2.05. The molecule has 0 radical (unpaired) electrons. The van der Waals surface area contributed by atoms with E-state index in [0.717, 1.165) is 6.20 Å². The van der Waals surface area contributed by atoms with Gasteiger partial charge in [0.1, 0.15) is 6.20 Å². The number of hydrogen-bond donors (Lipinski definition) is 0. The van der Waals surface area contributed by atoms with Crippen LogP contribution in [0.25, 0.3) is 11.4 Å². The first-order chi connectivity index (χ1) is 8.63. The van der Waals surface area contributed by atoms with Gasteiger partial charge in [-0.1, -0.05) is 0 Å². The fourth-order valence-electron chi connectivity index (χ4n) is 1.30. The van der Waals surface area contributed by atoms with Crippen molar-refractivity contribution in [3.63, 3.8) is 0 Å². The van der Waals surface area contributed by atoms with Gasteiger partial charge in [-0.05, 0) is 11.6 Å². The first-order valence-electron chi connectivity index (χ1n) is 4.65. The van der Waals surface area contributed by atoms with E-state index >= 15 is 0 Å². The van der Waals surface area contributed by atoms with Gasteiger partial charge in [0.05, 0.1) is 12.0 Å². The maximum atomic E-state index is 10.9. The molecule has 2 aromatic heterocycles. The minimum Gasteiger partial charge on any atom is -0.479 e. The molecule has 0 N–H and O–H groups in total. The molecule has 0 unspecified atom stereocenters. The number of halogens is 1. The predicted octanol–water partition coefficient (Wildman–Crippen LogP) is 1.50. The normalized spacial score (nSPS) is 10.1. The standard InChI is InChI=1S/C9H6ClN5O3/c1-18-8-7(11-2-3-12-8)6-5(15(16)17)4-13-9(10)14-6/h2-4H,1H3. The fraction of sp³-hybridized carbons (Fsp3) is 0.111. The van der Waals surface area contributed by atoms with Crippen molar-refractivity contribution in [2.75, 3.05) is 7.11 Å². The van der Waals surface area contributed by atoms with Gasteiger partial charge in [-0.15, -0.1) is 0 Å². The maximum absolute atomic E-state index is 10.9. The first-order valence-corrected chi connectivity index (χ1v) is 5.03. The number of methoxy groups -OCH3 is 1. The average Bonchev–Trinajstić information content (AvgIpc) is 2.38. The van der Waals surface area contributed by atoms with Crippen LogP contribution in [-0.2, 0) is 0 Å². The van der Waals surface area contributed by atoms with Crippen LogP contribution in [0.2, 0.25) is 5.28 Å². The van der Waals surface area contributed by atoms with Crippen LogP contribution in [-0.4, -0.2) is 32.0 Å². The van der Waals surface area contributed by atoms with E-state index in [-0.39, 0.29) is 28.2 Å². The quantitative estimate of drug-likeness (QED) is 0.471. The molecule has 0 aromatic carbocycles. The van der Waals surface area contributed by atoms with Crippen molar-refractivity contribution in [1.82, 2.24) is 19.9 Å². The molecule has 0 saturated heterocycles. The highest BCUT2D eigenvalue weighted by molar-refractivity contribution is 6.28. The molecule has 0 amide bonds. The van der Waals surface area contributed by atoms with Crippen LogP contribution >= 0.6 is 11.6 Å². The van der Waals surface area contributed by atoms with E-state index in [1.54, 1.807) is 0 Å². The lowest BCUT2D eigenvalue weighted by Crippen LogP contribution is -2.01. The molecule has 0 saturated carbocycles. The number of nitrogens with zero attached hydrogens (tertiary/aromatic N) is 5. The summed E-state index contributed by atoms with van der Waals surface area (Å²) in [6.45, 7) is 0. The van der Waals surface area contributed by atoms with Gasteiger partial charge >= 0.3 is 5.69 Å². The number of rotatable bonds is 3. The van der Waals surface area contributed by atoms with Crippen molar-refractivity contribution < 1.29 is 9.66 Å². The van der Waals surface area contributed by atoms with E-state index in [4.69, 9.17) is 16.3 Å². The third kappa shape index (κ3) is 2.18. The highest BCUT2D eigenvalue weighted by atomic mass is 35.5. The van der Waals surface area contributed by atoms with Gasteiger partial charge < -0.3 is 4.74 Å². The molecular weight excluding hydrogens is 262 g/mol. The van der Waals surface area contributed by atoms with Crippen LogP contribution in [0, 0.1) is 10.1 Å². The molecule has 18 heavy (non-hydrogen) atoms. The van der Waals surface area contributed by atoms with Crippen molar-refractivity contribution in [3.05, 3.63) is 34.0 Å². The van der Waals surface area contributed by atoms with Gasteiger partial charge in [0.2, 0.25) is 11.2 Å². The summed E-state index contributed by atoms with van der Waals surface area (Å²) in [5.41, 5.74) is -0.223. The lowest BCUT2D eigenvalue weighted by atomic mass is 10.2. The second-order valence-corrected chi connectivity index (χ2v) is 3.38. The molecule has 0 aliphatic rings. The molecule has 0 fully saturated rings. The Kier molecular flexibility index (Phi) is 3.28. The van der Waals surface area contributed by atoms with Gasteiger partial charge in [-0.25, -0.2) is 19.9 Å². The predicted molar refractivity (Wildman–Crippen MR) is 61.3 cm³/mol. The summed E-state index contributed by atoms with van der Waals surface area (Å²) in [5, 5.41) is 10.8. The molecule has 0 atom stereocenters. The van der Waals surface area contributed by atoms with Gasteiger partial charge in [-0.3, -0.25) is 10.1 Å². The van der Waals surface area contributed by atoms with Crippen molar-refractivity contribution in [2.45, 2.75) is 0 Å². The zero-order chi connectivity index (χ0) is 13.1. The van der Waals surface area contributed by atoms with E-state index in [2.05, 4.69) is 19.9 Å². The number of nitro groups is 1. The second-order valence-electron chi connectivity index (χ2n) is 3.04. The molecule has 2 heterocycles. The number of hydrogen-bond acceptors (Lipinski definition) is 7. The minimum atomic E-state index is -0.625. The van der Waals surface area contributed by atoms with E-state index in [9.17, 15) is 10.1 Å². The molecule has 8 nitrogen and oxygen atoms in total. The average molecular weight is 268 g/mol. The Labute approximate surface area is 106 Å². The molecule has 0 spiro atoms. The zero-order valence-corrected chi connectivity index (χ0v) is 9.83. The summed E-state index contributed by atoms with van der Waals surface area (Å²) in [7, 11) is 1.38. The highest BCUT2D eigenvalue weighted by Crippen LogP contribution is 2.31. The monoisotopic (exact) mass is 267 g/mol. The van der Waals surface area contributed by atoms with E-state index in [0.29, 0.717) is 0 Å². The Morgan fingerprint density at radius 3 is 2.67 bits per heavy atom. The van der Waals surface area contributed by atoms with Crippen LogP contribution in [0.3, 0.4) is 0 Å². The molecule has 2 aromatic rings. The summed E-state index contributed by atoms with van der Waals surface area (Å²) in [6.07, 6.45) is 3.79. The first kappa shape index (κ1) is 12.1. The van der Waals surface area contributed by atoms with Gasteiger partial charge in [0, 0.05) is 12.4 Å². The molecular formula is C9H6ClN5O3. The summed E-state index contributed by atoms with van der Waals surface area (Å²) >= 11 is 5.63. The van der Waals surface area contributed by atoms with Crippen molar-refractivity contribution >= 4 is 17.3 Å². The Morgan fingerprint density at radius 2 is 2.00 bits per heavy atom. The molecule has 92 valence electrons. The Hall–Kier alpha value is -2.35. The highest BCUT2D eigenvalue weighted by Gasteiger charge is 2.23. The van der Waals surface area contributed by atoms with Crippen LogP contribution in [0.15, 0.2) is 18.6 Å². The molecule has 0 aliphatic carbocycles. The van der Waals surface area contributed by atoms with Crippen LogP contribution < -0.4 is 4.74 Å². The molecule has 2 rings (SSSR count). The van der Waals surface area contributed by atoms with Crippen LogP contribution in [0.4, 0.5) is 5.69 Å². The molecule has 0 bridgehead atoms. The lowest BCUT2D eigenvalue weighted by molar-refractivity contribution is -0.384.